The summed E-state index contributed by atoms with van der Waals surface area (Å²) in [6.45, 7) is 5.16. The number of aryl methyl sites for hydroxylation is 1. The second-order valence-electron chi connectivity index (χ2n) is 5.78. The van der Waals surface area contributed by atoms with E-state index in [1.165, 1.54) is 6.07 Å². The molecule has 8 heteroatoms. The second kappa shape index (κ2) is 7.65. The van der Waals surface area contributed by atoms with Crippen molar-refractivity contribution in [2.75, 3.05) is 19.7 Å². The van der Waals surface area contributed by atoms with Gasteiger partial charge < -0.3 is 9.64 Å². The highest BCUT2D eigenvalue weighted by Gasteiger charge is 2.24. The van der Waals surface area contributed by atoms with Crippen LogP contribution in [0.2, 0.25) is 0 Å². The average molecular weight is 366 g/mol. The number of non-ortho nitro benzene ring substituents is 1. The maximum Gasteiger partial charge on any atom is 0.409 e. The summed E-state index contributed by atoms with van der Waals surface area (Å²) < 4.78 is 5.07. The van der Waals surface area contributed by atoms with Crippen molar-refractivity contribution in [1.29, 1.82) is 0 Å². The molecule has 1 amide bonds. The van der Waals surface area contributed by atoms with E-state index < -0.39 is 4.92 Å². The molecule has 0 aliphatic carbocycles. The summed E-state index contributed by atoms with van der Waals surface area (Å²) in [5.41, 5.74) is 3.36. The Balaban J connectivity index is 0.00000225. The van der Waals surface area contributed by atoms with Crippen molar-refractivity contribution in [1.82, 2.24) is 9.88 Å². The van der Waals surface area contributed by atoms with Crippen LogP contribution in [0.5, 0.6) is 0 Å². The fourth-order valence-electron chi connectivity index (χ4n) is 3.22. The van der Waals surface area contributed by atoms with Crippen molar-refractivity contribution in [2.24, 2.45) is 0 Å². The van der Waals surface area contributed by atoms with E-state index in [0.717, 1.165) is 22.2 Å². The van der Waals surface area contributed by atoms with Crippen LogP contribution in [0.15, 0.2) is 18.2 Å². The number of ether oxygens (including phenoxy) is 1. The molecule has 1 aliphatic rings. The molecule has 3 rings (SSSR count). The molecule has 1 aliphatic heterocycles. The van der Waals surface area contributed by atoms with Crippen LogP contribution in [0.25, 0.3) is 10.9 Å². The topological polar surface area (TPSA) is 85.6 Å². The highest BCUT2D eigenvalue weighted by Crippen LogP contribution is 2.30. The number of halogens is 1. The highest BCUT2D eigenvalue weighted by atomic mass is 35.5. The van der Waals surface area contributed by atoms with Crippen molar-refractivity contribution in [3.63, 3.8) is 0 Å². The SMILES string of the molecule is CCOC(=O)N1CCc2nc3c([N+](=O)[O-])cccc3c(C)c2CC1.Cl. The van der Waals surface area contributed by atoms with E-state index in [0.29, 0.717) is 38.1 Å². The molecule has 0 spiro atoms. The lowest BCUT2D eigenvalue weighted by atomic mass is 9.98. The Morgan fingerprint density at radius 2 is 2.08 bits per heavy atom. The van der Waals surface area contributed by atoms with Gasteiger partial charge in [-0.05, 0) is 31.4 Å². The maximum absolute atomic E-state index is 12.0. The predicted molar refractivity (Wildman–Crippen MR) is 96.4 cm³/mol. The van der Waals surface area contributed by atoms with Gasteiger partial charge in [-0.3, -0.25) is 10.1 Å². The van der Waals surface area contributed by atoms with Crippen LogP contribution in [-0.2, 0) is 17.6 Å². The zero-order chi connectivity index (χ0) is 17.3. The van der Waals surface area contributed by atoms with Crippen LogP contribution in [0.1, 0.15) is 23.7 Å². The number of carbonyl (C=O) groups excluding carboxylic acids is 1. The number of hydrogen-bond donors (Lipinski definition) is 0. The first kappa shape index (κ1) is 18.9. The maximum atomic E-state index is 12.0. The van der Waals surface area contributed by atoms with Gasteiger partial charge in [0.05, 0.1) is 11.5 Å². The van der Waals surface area contributed by atoms with Crippen LogP contribution >= 0.6 is 12.4 Å². The van der Waals surface area contributed by atoms with Crippen LogP contribution in [0, 0.1) is 17.0 Å². The van der Waals surface area contributed by atoms with Gasteiger partial charge in [-0.15, -0.1) is 12.4 Å². The molecule has 7 nitrogen and oxygen atoms in total. The van der Waals surface area contributed by atoms with E-state index in [4.69, 9.17) is 4.74 Å². The summed E-state index contributed by atoms with van der Waals surface area (Å²) in [7, 11) is 0. The number of aromatic nitrogens is 1. The lowest BCUT2D eigenvalue weighted by Crippen LogP contribution is -2.33. The number of fused-ring (bicyclic) bond motifs is 2. The van der Waals surface area contributed by atoms with Crippen LogP contribution in [-0.4, -0.2) is 40.6 Å². The monoisotopic (exact) mass is 365 g/mol. The molecule has 2 heterocycles. The van der Waals surface area contributed by atoms with Gasteiger partial charge >= 0.3 is 6.09 Å². The normalized spacial score (nSPS) is 13.6. The summed E-state index contributed by atoms with van der Waals surface area (Å²) in [6, 6.07) is 5.02. The Labute approximate surface area is 151 Å². The van der Waals surface area contributed by atoms with Gasteiger partial charge in [0.25, 0.3) is 5.69 Å². The van der Waals surface area contributed by atoms with Gasteiger partial charge in [0, 0.05) is 36.7 Å². The molecule has 0 unspecified atom stereocenters. The molecule has 0 atom stereocenters. The molecule has 134 valence electrons. The third-order valence-electron chi connectivity index (χ3n) is 4.44. The molecule has 1 aromatic carbocycles. The summed E-state index contributed by atoms with van der Waals surface area (Å²) >= 11 is 0. The number of hydrogen-bond acceptors (Lipinski definition) is 5. The molecular weight excluding hydrogens is 346 g/mol. The van der Waals surface area contributed by atoms with Gasteiger partial charge in [-0.25, -0.2) is 9.78 Å². The van der Waals surface area contributed by atoms with Crippen LogP contribution < -0.4 is 0 Å². The zero-order valence-electron chi connectivity index (χ0n) is 14.2. The van der Waals surface area contributed by atoms with Gasteiger partial charge in [0.1, 0.15) is 5.52 Å². The third-order valence-corrected chi connectivity index (χ3v) is 4.44. The quantitative estimate of drug-likeness (QED) is 0.601. The van der Waals surface area contributed by atoms with E-state index in [1.54, 1.807) is 17.9 Å². The molecule has 0 saturated carbocycles. The van der Waals surface area contributed by atoms with Gasteiger partial charge in [-0.1, -0.05) is 12.1 Å². The van der Waals surface area contributed by atoms with E-state index >= 15 is 0 Å². The Morgan fingerprint density at radius 3 is 2.76 bits per heavy atom. The fraction of sp³-hybridized carbons (Fsp3) is 0.412. The lowest BCUT2D eigenvalue weighted by Gasteiger charge is -2.18. The largest absolute Gasteiger partial charge is 0.450 e. The predicted octanol–water partition coefficient (Wildman–Crippen LogP) is 3.43. The number of nitro groups is 1. The summed E-state index contributed by atoms with van der Waals surface area (Å²) in [5.74, 6) is 0. The van der Waals surface area contributed by atoms with Crippen LogP contribution in [0.4, 0.5) is 10.5 Å². The van der Waals surface area contributed by atoms with Crippen molar-refractivity contribution < 1.29 is 14.5 Å². The smallest absolute Gasteiger partial charge is 0.409 e. The van der Waals surface area contributed by atoms with E-state index in [1.807, 2.05) is 13.0 Å². The first-order chi connectivity index (χ1) is 11.5. The number of nitrogens with zero attached hydrogens (tertiary/aromatic N) is 3. The second-order valence-corrected chi connectivity index (χ2v) is 5.78. The van der Waals surface area contributed by atoms with E-state index in [-0.39, 0.29) is 24.2 Å². The number of carbonyl (C=O) groups is 1. The first-order valence-electron chi connectivity index (χ1n) is 8.00. The molecule has 0 N–H and O–H groups in total. The van der Waals surface area contributed by atoms with Gasteiger partial charge in [0.2, 0.25) is 0 Å². The molecule has 25 heavy (non-hydrogen) atoms. The van der Waals surface area contributed by atoms with Crippen molar-refractivity contribution in [3.05, 3.63) is 45.1 Å². The Hall–Kier alpha value is -2.41. The van der Waals surface area contributed by atoms with E-state index in [9.17, 15) is 14.9 Å². The average Bonchev–Trinajstić information content (AvgIpc) is 2.77. The molecular formula is C17H20ClN3O4. The minimum atomic E-state index is -0.400. The molecule has 0 saturated heterocycles. The van der Waals surface area contributed by atoms with Crippen LogP contribution in [0.3, 0.4) is 0 Å². The first-order valence-corrected chi connectivity index (χ1v) is 8.00. The Kier molecular flexibility index (Phi) is 5.79. The highest BCUT2D eigenvalue weighted by molar-refractivity contribution is 5.90. The number of pyridine rings is 1. The summed E-state index contributed by atoms with van der Waals surface area (Å²) in [5, 5.41) is 12.1. The van der Waals surface area contributed by atoms with Gasteiger partial charge in [0.15, 0.2) is 0 Å². The van der Waals surface area contributed by atoms with Gasteiger partial charge in [-0.2, -0.15) is 0 Å². The zero-order valence-corrected chi connectivity index (χ0v) is 15.0. The molecule has 1 aromatic heterocycles. The Bertz CT molecular complexity index is 825. The van der Waals surface area contributed by atoms with Crippen molar-refractivity contribution in [2.45, 2.75) is 26.7 Å². The summed E-state index contributed by atoms with van der Waals surface area (Å²) in [4.78, 5) is 29.1. The standard InChI is InChI=1S/C17H19N3O4.ClH/c1-3-24-17(21)19-9-7-12-11(2)13-5-4-6-15(20(22)23)16(13)18-14(12)8-10-19;/h4-6H,3,7-10H2,1-2H3;1H. The number of para-hydroxylation sites is 1. The van der Waals surface area contributed by atoms with Crippen molar-refractivity contribution in [3.8, 4) is 0 Å². The molecule has 0 bridgehead atoms. The lowest BCUT2D eigenvalue weighted by molar-refractivity contribution is -0.383. The number of nitro benzene ring substituents is 1. The molecule has 0 fully saturated rings. The molecule has 2 aromatic rings. The summed E-state index contributed by atoms with van der Waals surface area (Å²) in [6.07, 6.45) is 0.918. The minimum absolute atomic E-state index is 0. The fourth-order valence-corrected chi connectivity index (χ4v) is 3.22. The number of benzene rings is 1. The minimum Gasteiger partial charge on any atom is -0.450 e. The number of rotatable bonds is 2. The van der Waals surface area contributed by atoms with Crippen molar-refractivity contribution >= 4 is 35.1 Å². The third kappa shape index (κ3) is 3.51. The van der Waals surface area contributed by atoms with E-state index in [2.05, 4.69) is 4.98 Å². The number of amides is 1. The molecule has 0 radical (unpaired) electrons. The Morgan fingerprint density at radius 1 is 1.36 bits per heavy atom.